The van der Waals surface area contributed by atoms with E-state index in [1.54, 1.807) is 6.92 Å². The van der Waals surface area contributed by atoms with E-state index >= 15 is 0 Å². The summed E-state index contributed by atoms with van der Waals surface area (Å²) in [5, 5.41) is 11.7. The largest absolute Gasteiger partial charge is 0.392 e. The molecule has 1 rings (SSSR count). The van der Waals surface area contributed by atoms with Gasteiger partial charge in [-0.25, -0.2) is 0 Å². The molecule has 0 unspecified atom stereocenters. The summed E-state index contributed by atoms with van der Waals surface area (Å²) < 4.78 is 0. The molecule has 0 aromatic heterocycles. The zero-order valence-electron chi connectivity index (χ0n) is 8.75. The maximum atomic E-state index is 11.7. The summed E-state index contributed by atoms with van der Waals surface area (Å²) in [6.07, 6.45) is 4.24. The monoisotopic (exact) mass is 200 g/mol. The number of nitrogens with one attached hydrogen (secondary N) is 1. The first-order valence-electron chi connectivity index (χ1n) is 5.30. The Kier molecular flexibility index (Phi) is 3.89. The summed E-state index contributed by atoms with van der Waals surface area (Å²) >= 11 is 0. The van der Waals surface area contributed by atoms with Crippen molar-refractivity contribution in [3.05, 3.63) is 0 Å². The Hall–Kier alpha value is -0.610. The number of carbonyl (C=O) groups excluding carboxylic acids is 1. The Bertz CT molecular complexity index is 198. The molecule has 4 nitrogen and oxygen atoms in total. The minimum absolute atomic E-state index is 0.113. The molecule has 1 amide bonds. The SMILES string of the molecule is C[C@@H](O)CNC(=O)C1(N)CCCCC1. The molecule has 1 saturated carbocycles. The second-order valence-electron chi connectivity index (χ2n) is 4.28. The van der Waals surface area contributed by atoms with Crippen LogP contribution >= 0.6 is 0 Å². The lowest BCUT2D eigenvalue weighted by molar-refractivity contribution is -0.127. The van der Waals surface area contributed by atoms with E-state index in [1.807, 2.05) is 0 Å². The Morgan fingerprint density at radius 1 is 1.50 bits per heavy atom. The van der Waals surface area contributed by atoms with E-state index < -0.39 is 11.6 Å². The van der Waals surface area contributed by atoms with Crippen LogP contribution in [0.5, 0.6) is 0 Å². The quantitative estimate of drug-likeness (QED) is 0.607. The molecule has 1 atom stereocenters. The van der Waals surface area contributed by atoms with Crippen molar-refractivity contribution in [3.63, 3.8) is 0 Å². The maximum Gasteiger partial charge on any atom is 0.240 e. The number of aliphatic hydroxyl groups excluding tert-OH is 1. The summed E-state index contributed by atoms with van der Waals surface area (Å²) in [6.45, 7) is 1.93. The van der Waals surface area contributed by atoms with Crippen LogP contribution in [0.25, 0.3) is 0 Å². The molecule has 0 radical (unpaired) electrons. The number of rotatable bonds is 3. The van der Waals surface area contributed by atoms with Crippen LogP contribution in [0.15, 0.2) is 0 Å². The molecule has 0 aromatic rings. The predicted octanol–water partition coefficient (Wildman–Crippen LogP) is 0.145. The molecule has 0 spiro atoms. The van der Waals surface area contributed by atoms with E-state index in [1.165, 1.54) is 6.42 Å². The van der Waals surface area contributed by atoms with E-state index in [0.717, 1.165) is 25.7 Å². The highest BCUT2D eigenvalue weighted by Gasteiger charge is 2.34. The molecule has 1 aliphatic carbocycles. The van der Waals surface area contributed by atoms with Gasteiger partial charge in [-0.15, -0.1) is 0 Å². The average Bonchev–Trinajstić information content (AvgIpc) is 2.15. The third-order valence-corrected chi connectivity index (χ3v) is 2.76. The standard InChI is InChI=1S/C10H20N2O2/c1-8(13)7-12-9(14)10(11)5-3-2-4-6-10/h8,13H,2-7,11H2,1H3,(H,12,14)/t8-/m1/s1. The fourth-order valence-electron chi connectivity index (χ4n) is 1.83. The van der Waals surface area contributed by atoms with Gasteiger partial charge in [0.2, 0.25) is 5.91 Å². The fraction of sp³-hybridized carbons (Fsp3) is 0.900. The molecule has 1 aliphatic rings. The van der Waals surface area contributed by atoms with Crippen LogP contribution in [0.2, 0.25) is 0 Å². The lowest BCUT2D eigenvalue weighted by Crippen LogP contribution is -2.55. The van der Waals surface area contributed by atoms with Gasteiger partial charge in [-0.1, -0.05) is 19.3 Å². The van der Waals surface area contributed by atoms with Gasteiger partial charge in [0.15, 0.2) is 0 Å². The minimum atomic E-state index is -0.687. The summed E-state index contributed by atoms with van der Waals surface area (Å²) in [5.74, 6) is -0.113. The molecule has 82 valence electrons. The highest BCUT2D eigenvalue weighted by Crippen LogP contribution is 2.25. The van der Waals surface area contributed by atoms with Crippen LogP contribution in [0.1, 0.15) is 39.0 Å². The molecule has 4 N–H and O–H groups in total. The van der Waals surface area contributed by atoms with Gasteiger partial charge in [-0.2, -0.15) is 0 Å². The molecule has 0 heterocycles. The van der Waals surface area contributed by atoms with E-state index in [4.69, 9.17) is 10.8 Å². The van der Waals surface area contributed by atoms with Gasteiger partial charge in [0.25, 0.3) is 0 Å². The molecule has 1 fully saturated rings. The number of hydrogen-bond donors (Lipinski definition) is 3. The minimum Gasteiger partial charge on any atom is -0.392 e. The molecule has 4 heteroatoms. The summed E-state index contributed by atoms with van der Waals surface area (Å²) in [6, 6.07) is 0. The molecule has 0 aromatic carbocycles. The van der Waals surface area contributed by atoms with E-state index in [0.29, 0.717) is 0 Å². The van der Waals surface area contributed by atoms with Crippen LogP contribution in [0.4, 0.5) is 0 Å². The number of nitrogens with two attached hydrogens (primary N) is 1. The first-order chi connectivity index (χ1) is 6.54. The van der Waals surface area contributed by atoms with Gasteiger partial charge < -0.3 is 16.2 Å². The second-order valence-corrected chi connectivity index (χ2v) is 4.28. The Morgan fingerprint density at radius 3 is 2.57 bits per heavy atom. The lowest BCUT2D eigenvalue weighted by atomic mass is 9.82. The van der Waals surface area contributed by atoms with Gasteiger partial charge in [0, 0.05) is 6.54 Å². The van der Waals surface area contributed by atoms with Crippen molar-refractivity contribution >= 4 is 5.91 Å². The Labute approximate surface area is 84.9 Å². The highest BCUT2D eigenvalue weighted by molar-refractivity contribution is 5.86. The number of amides is 1. The first kappa shape index (κ1) is 11.5. The van der Waals surface area contributed by atoms with Crippen LogP contribution in [0.3, 0.4) is 0 Å². The van der Waals surface area contributed by atoms with Crippen molar-refractivity contribution in [1.29, 1.82) is 0 Å². The molecule has 0 saturated heterocycles. The van der Waals surface area contributed by atoms with Crippen molar-refractivity contribution < 1.29 is 9.90 Å². The summed E-state index contributed by atoms with van der Waals surface area (Å²) in [5.41, 5.74) is 5.31. The van der Waals surface area contributed by atoms with Crippen molar-refractivity contribution in [2.24, 2.45) is 5.73 Å². The lowest BCUT2D eigenvalue weighted by Gasteiger charge is -2.31. The van der Waals surface area contributed by atoms with Crippen molar-refractivity contribution in [2.75, 3.05) is 6.54 Å². The zero-order valence-corrected chi connectivity index (χ0v) is 8.75. The molecule has 14 heavy (non-hydrogen) atoms. The molecular weight excluding hydrogens is 180 g/mol. The number of hydrogen-bond acceptors (Lipinski definition) is 3. The number of aliphatic hydroxyl groups is 1. The number of carbonyl (C=O) groups is 1. The third-order valence-electron chi connectivity index (χ3n) is 2.76. The Morgan fingerprint density at radius 2 is 2.07 bits per heavy atom. The normalized spacial score (nSPS) is 22.8. The van der Waals surface area contributed by atoms with Gasteiger partial charge >= 0.3 is 0 Å². The Balaban J connectivity index is 2.41. The molecular formula is C10H20N2O2. The topological polar surface area (TPSA) is 75.3 Å². The average molecular weight is 200 g/mol. The van der Waals surface area contributed by atoms with Crippen molar-refractivity contribution in [2.45, 2.75) is 50.7 Å². The smallest absolute Gasteiger partial charge is 0.240 e. The summed E-state index contributed by atoms with van der Waals surface area (Å²) in [7, 11) is 0. The van der Waals surface area contributed by atoms with Crippen molar-refractivity contribution in [3.8, 4) is 0 Å². The maximum absolute atomic E-state index is 11.7. The second kappa shape index (κ2) is 4.75. The van der Waals surface area contributed by atoms with Gasteiger partial charge in [-0.05, 0) is 19.8 Å². The predicted molar refractivity (Wildman–Crippen MR) is 54.7 cm³/mol. The summed E-state index contributed by atoms with van der Waals surface area (Å²) in [4.78, 5) is 11.7. The fourth-order valence-corrected chi connectivity index (χ4v) is 1.83. The van der Waals surface area contributed by atoms with Crippen LogP contribution < -0.4 is 11.1 Å². The van der Waals surface area contributed by atoms with E-state index in [-0.39, 0.29) is 12.5 Å². The first-order valence-corrected chi connectivity index (χ1v) is 5.30. The van der Waals surface area contributed by atoms with E-state index in [2.05, 4.69) is 5.32 Å². The molecule has 0 bridgehead atoms. The van der Waals surface area contributed by atoms with E-state index in [9.17, 15) is 4.79 Å². The van der Waals surface area contributed by atoms with Gasteiger partial charge in [0.1, 0.15) is 0 Å². The van der Waals surface area contributed by atoms with Crippen molar-refractivity contribution in [1.82, 2.24) is 5.32 Å². The zero-order chi connectivity index (χ0) is 10.6. The third kappa shape index (κ3) is 2.96. The van der Waals surface area contributed by atoms with Gasteiger partial charge in [0.05, 0.1) is 11.6 Å². The molecule has 0 aliphatic heterocycles. The van der Waals surface area contributed by atoms with Crippen LogP contribution in [-0.2, 0) is 4.79 Å². The van der Waals surface area contributed by atoms with Crippen LogP contribution in [-0.4, -0.2) is 29.2 Å². The van der Waals surface area contributed by atoms with Crippen LogP contribution in [0, 0.1) is 0 Å². The van der Waals surface area contributed by atoms with Gasteiger partial charge in [-0.3, -0.25) is 4.79 Å². The highest BCUT2D eigenvalue weighted by atomic mass is 16.3.